The van der Waals surface area contributed by atoms with Crippen LogP contribution in [0, 0.1) is 0 Å². The first-order valence-corrected chi connectivity index (χ1v) is 3.42. The molecule has 0 saturated carbocycles. The van der Waals surface area contributed by atoms with Crippen LogP contribution in [0.1, 0.15) is 13.8 Å². The molecule has 0 aliphatic carbocycles. The van der Waals surface area contributed by atoms with E-state index < -0.39 is 0 Å². The molecule has 0 aromatic heterocycles. The Balaban J connectivity index is 2.55. The number of rotatable bonds is 1. The van der Waals surface area contributed by atoms with E-state index in [0.29, 0.717) is 0 Å². The summed E-state index contributed by atoms with van der Waals surface area (Å²) in [6, 6.07) is 0. The lowest BCUT2D eigenvalue weighted by Gasteiger charge is -2.19. The molecular formula is C8H13N. The molecule has 1 aliphatic rings. The summed E-state index contributed by atoms with van der Waals surface area (Å²) in [7, 11) is 0. The van der Waals surface area contributed by atoms with Crippen LogP contribution in [0.25, 0.3) is 0 Å². The zero-order chi connectivity index (χ0) is 6.69. The van der Waals surface area contributed by atoms with Gasteiger partial charge in [0.15, 0.2) is 0 Å². The summed E-state index contributed by atoms with van der Waals surface area (Å²) in [6.07, 6.45) is 6.55. The van der Waals surface area contributed by atoms with Crippen molar-refractivity contribution in [1.29, 1.82) is 0 Å². The van der Waals surface area contributed by atoms with E-state index in [0.717, 1.165) is 13.1 Å². The third kappa shape index (κ3) is 1.60. The van der Waals surface area contributed by atoms with Gasteiger partial charge in [-0.1, -0.05) is 12.2 Å². The van der Waals surface area contributed by atoms with Crippen molar-refractivity contribution >= 4 is 0 Å². The van der Waals surface area contributed by atoms with E-state index in [1.165, 1.54) is 5.57 Å². The van der Waals surface area contributed by atoms with Crippen molar-refractivity contribution in [3.8, 4) is 0 Å². The second kappa shape index (κ2) is 2.72. The number of nitrogens with zero attached hydrogens (tertiary/aromatic N) is 1. The fourth-order valence-electron chi connectivity index (χ4n) is 0.978. The van der Waals surface area contributed by atoms with Crippen molar-refractivity contribution in [3.63, 3.8) is 0 Å². The maximum absolute atomic E-state index is 2.29. The third-order valence-corrected chi connectivity index (χ3v) is 1.51. The first-order chi connectivity index (χ1) is 4.33. The SMILES string of the molecule is CCN1C=C(C)C=CC1. The molecule has 1 aliphatic heterocycles. The molecule has 0 aromatic carbocycles. The number of hydrogen-bond acceptors (Lipinski definition) is 1. The zero-order valence-electron chi connectivity index (χ0n) is 6.09. The summed E-state index contributed by atoms with van der Waals surface area (Å²) in [5.74, 6) is 0. The molecular weight excluding hydrogens is 110 g/mol. The lowest BCUT2D eigenvalue weighted by Crippen LogP contribution is -2.18. The van der Waals surface area contributed by atoms with Gasteiger partial charge in [0.05, 0.1) is 0 Å². The number of hydrogen-bond donors (Lipinski definition) is 0. The summed E-state index contributed by atoms with van der Waals surface area (Å²) < 4.78 is 0. The third-order valence-electron chi connectivity index (χ3n) is 1.51. The summed E-state index contributed by atoms with van der Waals surface area (Å²) in [5, 5.41) is 0. The Morgan fingerprint density at radius 2 is 2.44 bits per heavy atom. The minimum atomic E-state index is 1.08. The molecule has 0 radical (unpaired) electrons. The van der Waals surface area contributed by atoms with Gasteiger partial charge in [0.2, 0.25) is 0 Å². The van der Waals surface area contributed by atoms with Crippen molar-refractivity contribution < 1.29 is 0 Å². The van der Waals surface area contributed by atoms with Crippen LogP contribution in [0.5, 0.6) is 0 Å². The Bertz CT molecular complexity index is 145. The van der Waals surface area contributed by atoms with E-state index in [-0.39, 0.29) is 0 Å². The molecule has 1 nitrogen and oxygen atoms in total. The zero-order valence-corrected chi connectivity index (χ0v) is 6.09. The maximum atomic E-state index is 2.29. The van der Waals surface area contributed by atoms with Gasteiger partial charge in [0.25, 0.3) is 0 Å². The average molecular weight is 123 g/mol. The topological polar surface area (TPSA) is 3.24 Å². The first kappa shape index (κ1) is 6.40. The number of likely N-dealkylation sites (N-methyl/N-ethyl adjacent to an activating group) is 1. The van der Waals surface area contributed by atoms with Gasteiger partial charge in [-0.3, -0.25) is 0 Å². The maximum Gasteiger partial charge on any atom is 0.0357 e. The lowest BCUT2D eigenvalue weighted by molar-refractivity contribution is 0.432. The van der Waals surface area contributed by atoms with Crippen LogP contribution in [-0.4, -0.2) is 18.0 Å². The summed E-state index contributed by atoms with van der Waals surface area (Å²) in [5.41, 5.74) is 1.35. The van der Waals surface area contributed by atoms with Gasteiger partial charge in [-0.15, -0.1) is 0 Å². The van der Waals surface area contributed by atoms with Gasteiger partial charge >= 0.3 is 0 Å². The van der Waals surface area contributed by atoms with Crippen LogP contribution in [0.4, 0.5) is 0 Å². The molecule has 0 spiro atoms. The highest BCUT2D eigenvalue weighted by Crippen LogP contribution is 2.04. The molecule has 0 aromatic rings. The smallest absolute Gasteiger partial charge is 0.0357 e. The molecule has 9 heavy (non-hydrogen) atoms. The molecule has 0 atom stereocenters. The van der Waals surface area contributed by atoms with Crippen molar-refractivity contribution in [1.82, 2.24) is 4.90 Å². The minimum absolute atomic E-state index is 1.08. The molecule has 0 saturated heterocycles. The van der Waals surface area contributed by atoms with Crippen molar-refractivity contribution in [2.75, 3.05) is 13.1 Å². The van der Waals surface area contributed by atoms with Crippen LogP contribution in [0.2, 0.25) is 0 Å². The molecule has 0 fully saturated rings. The molecule has 1 heteroatoms. The van der Waals surface area contributed by atoms with Gasteiger partial charge in [-0.25, -0.2) is 0 Å². The number of allylic oxidation sites excluding steroid dienone is 2. The molecule has 0 N–H and O–H groups in total. The Morgan fingerprint density at radius 3 is 2.89 bits per heavy atom. The minimum Gasteiger partial charge on any atom is -0.374 e. The fourth-order valence-corrected chi connectivity index (χ4v) is 0.978. The quantitative estimate of drug-likeness (QED) is 0.513. The van der Waals surface area contributed by atoms with Crippen LogP contribution in [0.15, 0.2) is 23.9 Å². The Hall–Kier alpha value is -0.720. The highest BCUT2D eigenvalue weighted by atomic mass is 15.1. The molecule has 0 unspecified atom stereocenters. The second-order valence-electron chi connectivity index (χ2n) is 2.36. The van der Waals surface area contributed by atoms with Crippen molar-refractivity contribution in [3.05, 3.63) is 23.9 Å². The lowest BCUT2D eigenvalue weighted by atomic mass is 10.2. The van der Waals surface area contributed by atoms with Gasteiger partial charge < -0.3 is 4.90 Å². The van der Waals surface area contributed by atoms with E-state index >= 15 is 0 Å². The van der Waals surface area contributed by atoms with E-state index in [1.807, 2.05) is 0 Å². The second-order valence-corrected chi connectivity index (χ2v) is 2.36. The molecule has 0 amide bonds. The van der Waals surface area contributed by atoms with E-state index in [2.05, 4.69) is 37.1 Å². The average Bonchev–Trinajstić information content (AvgIpc) is 1.88. The Labute approximate surface area is 56.7 Å². The molecule has 1 rings (SSSR count). The van der Waals surface area contributed by atoms with Crippen LogP contribution in [0.3, 0.4) is 0 Å². The largest absolute Gasteiger partial charge is 0.374 e. The Morgan fingerprint density at radius 1 is 1.67 bits per heavy atom. The van der Waals surface area contributed by atoms with Gasteiger partial charge in [-0.2, -0.15) is 0 Å². The predicted molar refractivity (Wildman–Crippen MR) is 40.1 cm³/mol. The Kier molecular flexibility index (Phi) is 1.93. The van der Waals surface area contributed by atoms with E-state index in [9.17, 15) is 0 Å². The van der Waals surface area contributed by atoms with Crippen LogP contribution < -0.4 is 0 Å². The van der Waals surface area contributed by atoms with Crippen molar-refractivity contribution in [2.24, 2.45) is 0 Å². The van der Waals surface area contributed by atoms with E-state index in [4.69, 9.17) is 0 Å². The van der Waals surface area contributed by atoms with Gasteiger partial charge in [-0.05, 0) is 19.4 Å². The first-order valence-electron chi connectivity index (χ1n) is 3.42. The van der Waals surface area contributed by atoms with Crippen LogP contribution >= 0.6 is 0 Å². The monoisotopic (exact) mass is 123 g/mol. The van der Waals surface area contributed by atoms with Crippen LogP contribution in [-0.2, 0) is 0 Å². The predicted octanol–water partition coefficient (Wildman–Crippen LogP) is 1.78. The highest BCUT2D eigenvalue weighted by Gasteiger charge is 1.96. The standard InChI is InChI=1S/C8H13N/c1-3-9-6-4-5-8(2)7-9/h4-5,7H,3,6H2,1-2H3. The molecule has 50 valence electrons. The molecule has 1 heterocycles. The van der Waals surface area contributed by atoms with Gasteiger partial charge in [0, 0.05) is 19.3 Å². The highest BCUT2D eigenvalue weighted by molar-refractivity contribution is 5.19. The van der Waals surface area contributed by atoms with E-state index in [1.54, 1.807) is 0 Å². The summed E-state index contributed by atoms with van der Waals surface area (Å²) in [4.78, 5) is 2.29. The van der Waals surface area contributed by atoms with Crippen molar-refractivity contribution in [2.45, 2.75) is 13.8 Å². The fraction of sp³-hybridized carbons (Fsp3) is 0.500. The van der Waals surface area contributed by atoms with Gasteiger partial charge in [0.1, 0.15) is 0 Å². The summed E-state index contributed by atoms with van der Waals surface area (Å²) in [6.45, 7) is 6.48. The molecule has 0 bridgehead atoms. The normalized spacial score (nSPS) is 18.0. The summed E-state index contributed by atoms with van der Waals surface area (Å²) >= 11 is 0.